The third-order valence-electron chi connectivity index (χ3n) is 7.39. The van der Waals surface area contributed by atoms with Gasteiger partial charge in [0.25, 0.3) is 0 Å². The maximum absolute atomic E-state index is 12.6. The molecule has 0 radical (unpaired) electrons. The van der Waals surface area contributed by atoms with Crippen LogP contribution in [0.15, 0.2) is 17.6 Å². The molecule has 5 rings (SSSR count). The van der Waals surface area contributed by atoms with Gasteiger partial charge in [-0.3, -0.25) is 9.69 Å². The van der Waals surface area contributed by atoms with Gasteiger partial charge in [-0.15, -0.1) is 0 Å². The van der Waals surface area contributed by atoms with Crippen molar-refractivity contribution >= 4 is 33.5 Å². The predicted molar refractivity (Wildman–Crippen MR) is 131 cm³/mol. The number of sulfonamides is 1. The van der Waals surface area contributed by atoms with E-state index in [2.05, 4.69) is 21.0 Å². The van der Waals surface area contributed by atoms with E-state index < -0.39 is 16.1 Å². The second kappa shape index (κ2) is 11.0. The molecule has 1 atom stereocenters. The van der Waals surface area contributed by atoms with Gasteiger partial charge < -0.3 is 10.0 Å². The minimum absolute atomic E-state index is 0. The van der Waals surface area contributed by atoms with Gasteiger partial charge in [0, 0.05) is 17.5 Å². The summed E-state index contributed by atoms with van der Waals surface area (Å²) in [6.07, 6.45) is 12.2. The van der Waals surface area contributed by atoms with Gasteiger partial charge in [0.2, 0.25) is 0 Å². The van der Waals surface area contributed by atoms with Crippen LogP contribution >= 0.6 is 11.8 Å². The van der Waals surface area contributed by atoms with Crippen molar-refractivity contribution in [3.8, 4) is 0 Å². The molecule has 0 saturated carbocycles. The molecule has 6 nitrogen and oxygen atoms in total. The molecular weight excluding hydrogens is 465 g/mol. The monoisotopic (exact) mass is 497 g/mol. The first-order valence-electron chi connectivity index (χ1n) is 12.0. The van der Waals surface area contributed by atoms with E-state index in [1.54, 1.807) is 6.08 Å². The maximum Gasteiger partial charge on any atom is 1.00 e. The summed E-state index contributed by atoms with van der Waals surface area (Å²) < 4.78 is 28.8. The fourth-order valence-corrected chi connectivity index (χ4v) is 7.72. The molecule has 2 fully saturated rings. The largest absolute Gasteiger partial charge is 1.00 e. The molecule has 0 aromatic heterocycles. The molecule has 33 heavy (non-hydrogen) atoms. The molecule has 9 heteroatoms. The number of aryl methyl sites for hydroxylation is 2. The summed E-state index contributed by atoms with van der Waals surface area (Å²) in [6, 6.07) is 2.17. The normalized spacial score (nSPS) is 23.3. The molecule has 174 valence electrons. The van der Waals surface area contributed by atoms with Gasteiger partial charge in [0.15, 0.2) is 16.1 Å². The van der Waals surface area contributed by atoms with Crippen molar-refractivity contribution in [3.63, 3.8) is 0 Å². The summed E-state index contributed by atoms with van der Waals surface area (Å²) in [7, 11) is -3.97. The molecule has 0 bridgehead atoms. The van der Waals surface area contributed by atoms with Crippen LogP contribution in [0.5, 0.6) is 0 Å². The van der Waals surface area contributed by atoms with Crippen molar-refractivity contribution in [3.05, 3.63) is 44.5 Å². The molecule has 1 N–H and O–H groups in total. The Morgan fingerprint density at radius 1 is 1.03 bits per heavy atom. The van der Waals surface area contributed by atoms with Crippen LogP contribution in [0.3, 0.4) is 0 Å². The number of fused-ring (bicyclic) bond motifs is 2. The predicted octanol–water partition coefficient (Wildman–Crippen LogP) is 1.78. The van der Waals surface area contributed by atoms with Crippen LogP contribution in [0.2, 0.25) is 0 Å². The number of carbonyl (C=O) groups excluding carboxylic acids is 1. The van der Waals surface area contributed by atoms with Crippen LogP contribution in [-0.4, -0.2) is 49.5 Å². The van der Waals surface area contributed by atoms with Crippen molar-refractivity contribution in [2.45, 2.75) is 76.3 Å². The number of hydrogen-bond donors (Lipinski definition) is 1. The first-order chi connectivity index (χ1) is 15.5. The number of nitrogens with one attached hydrogen (secondary N) is 1. The summed E-state index contributed by atoms with van der Waals surface area (Å²) in [5.74, 6) is 2.36. The number of hydrogen-bond acceptors (Lipinski definition) is 5. The average molecular weight is 498 g/mol. The molecular formula is C24H32N3NaO3S2. The number of amides is 2. The van der Waals surface area contributed by atoms with Crippen molar-refractivity contribution < 1.29 is 42.8 Å². The molecule has 1 aromatic carbocycles. The average Bonchev–Trinajstić information content (AvgIpc) is 3.52. The topological polar surface area (TPSA) is 80.6 Å². The van der Waals surface area contributed by atoms with Gasteiger partial charge in [0.1, 0.15) is 0 Å². The van der Waals surface area contributed by atoms with Gasteiger partial charge in [-0.25, -0.2) is 8.42 Å². The zero-order valence-corrected chi connectivity index (χ0v) is 23.1. The van der Waals surface area contributed by atoms with E-state index >= 15 is 0 Å². The zero-order valence-electron chi connectivity index (χ0n) is 19.5. The number of benzene rings is 1. The van der Waals surface area contributed by atoms with Gasteiger partial charge in [-0.1, -0.05) is 12.1 Å². The minimum atomic E-state index is -3.97. The molecule has 2 heterocycles. The fourth-order valence-electron chi connectivity index (χ4n) is 5.92. The molecule has 0 spiro atoms. The molecule has 2 aliphatic heterocycles. The van der Waals surface area contributed by atoms with Crippen molar-refractivity contribution in [2.24, 2.45) is 0 Å². The summed E-state index contributed by atoms with van der Waals surface area (Å²) >= 11 is 2.00. The van der Waals surface area contributed by atoms with Crippen molar-refractivity contribution in [2.75, 3.05) is 23.4 Å². The molecule has 1 aromatic rings. The second-order valence-corrected chi connectivity index (χ2v) is 12.1. The number of thioether (sulfide) groups is 1. The number of urea groups is 1. The molecule has 2 aliphatic carbocycles. The second-order valence-electron chi connectivity index (χ2n) is 9.39. The molecule has 2 saturated heterocycles. The Bertz CT molecular complexity index is 990. The Hall–Kier alpha value is -0.510. The maximum atomic E-state index is 12.6. The Morgan fingerprint density at radius 2 is 1.70 bits per heavy atom. The Labute approximate surface area is 224 Å². The van der Waals surface area contributed by atoms with Gasteiger partial charge >= 0.3 is 29.6 Å². The van der Waals surface area contributed by atoms with Gasteiger partial charge in [-0.05, 0) is 110 Å². The third kappa shape index (κ3) is 5.84. The number of carbonyl (C=O) groups is 1. The SMILES string of the molecule is O=C([N-]S(=O)(=O)/C=C/[C@H]1CCCN1C1CCSCC1)Nc1c2c(cc3c1CCC3)CCC2.[Na+]. The Morgan fingerprint density at radius 3 is 2.36 bits per heavy atom. The van der Waals surface area contributed by atoms with E-state index in [1.807, 2.05) is 11.8 Å². The van der Waals surface area contributed by atoms with E-state index in [-0.39, 0.29) is 35.6 Å². The summed E-state index contributed by atoms with van der Waals surface area (Å²) in [5, 5.41) is 4.00. The Balaban J connectivity index is 0.00000259. The number of nitrogens with zero attached hydrogens (tertiary/aromatic N) is 2. The van der Waals surface area contributed by atoms with Crippen LogP contribution in [0, 0.1) is 0 Å². The van der Waals surface area contributed by atoms with Gasteiger partial charge in [-0.2, -0.15) is 11.8 Å². The van der Waals surface area contributed by atoms with Crippen LogP contribution in [0.1, 0.15) is 60.8 Å². The molecule has 0 unspecified atom stereocenters. The first kappa shape index (κ1) is 25.6. The van der Waals surface area contributed by atoms with Crippen LogP contribution in [0.4, 0.5) is 10.5 Å². The number of likely N-dealkylation sites (tertiary alicyclic amines) is 1. The van der Waals surface area contributed by atoms with Crippen molar-refractivity contribution in [1.29, 1.82) is 0 Å². The van der Waals surface area contributed by atoms with E-state index in [1.165, 1.54) is 46.6 Å². The number of rotatable bonds is 5. The van der Waals surface area contributed by atoms with E-state index in [4.69, 9.17) is 0 Å². The smallest absolute Gasteiger partial charge is 0.423 e. The summed E-state index contributed by atoms with van der Waals surface area (Å²) in [6.45, 7) is 1.02. The fraction of sp³-hybridized carbons (Fsp3) is 0.625. The minimum Gasteiger partial charge on any atom is -0.423 e. The third-order valence-corrected chi connectivity index (χ3v) is 9.36. The van der Waals surface area contributed by atoms with Crippen molar-refractivity contribution in [1.82, 2.24) is 4.90 Å². The quantitative estimate of drug-likeness (QED) is 0.628. The van der Waals surface area contributed by atoms with Crippen LogP contribution in [0.25, 0.3) is 4.72 Å². The summed E-state index contributed by atoms with van der Waals surface area (Å²) in [5.41, 5.74) is 5.78. The van der Waals surface area contributed by atoms with Gasteiger partial charge in [0.05, 0.1) is 0 Å². The zero-order chi connectivity index (χ0) is 22.1. The Kier molecular flexibility index (Phi) is 8.56. The van der Waals surface area contributed by atoms with E-state index in [9.17, 15) is 13.2 Å². The van der Waals surface area contributed by atoms with Crippen LogP contribution in [-0.2, 0) is 35.7 Å². The van der Waals surface area contributed by atoms with E-state index in [0.29, 0.717) is 6.04 Å². The number of anilines is 1. The molecule has 2 amide bonds. The summed E-state index contributed by atoms with van der Waals surface area (Å²) in [4.78, 5) is 15.1. The molecule has 4 aliphatic rings. The van der Waals surface area contributed by atoms with E-state index in [0.717, 1.165) is 69.0 Å². The standard InChI is InChI=1S/C24H33N3O3S2.Na/c28-24(25-23-21-7-1-4-17(21)16-18-5-2-8-22(18)23)26-32(29,30)15-11-19-6-3-12-27(19)20-9-13-31-14-10-20;/h11,15-16,19-20H,1-10,12-14H2,(H2,25,26,28);/q;+1/p-1/b15-11+;/t19-;/m1./s1. The first-order valence-corrected chi connectivity index (χ1v) is 14.6. The van der Waals surface area contributed by atoms with Crippen LogP contribution < -0.4 is 34.9 Å².